The third-order valence-electron chi connectivity index (χ3n) is 5.71. The molecule has 1 aliphatic rings. The van der Waals surface area contributed by atoms with Crippen LogP contribution < -0.4 is 9.64 Å². The number of morpholine rings is 1. The van der Waals surface area contributed by atoms with Crippen molar-refractivity contribution < 1.29 is 23.0 Å². The van der Waals surface area contributed by atoms with E-state index in [4.69, 9.17) is 9.47 Å². The van der Waals surface area contributed by atoms with Gasteiger partial charge in [-0.2, -0.15) is 0 Å². The molecule has 1 aromatic heterocycles. The van der Waals surface area contributed by atoms with E-state index in [9.17, 15) is 13.6 Å². The predicted molar refractivity (Wildman–Crippen MR) is 137 cm³/mol. The molecule has 2 heterocycles. The quantitative estimate of drug-likeness (QED) is 0.325. The number of halogens is 3. The molecule has 0 unspecified atom stereocenters. The lowest BCUT2D eigenvalue weighted by Crippen LogP contribution is -2.39. The smallest absolute Gasteiger partial charge is 0.260 e. The number of thiazole rings is 1. The molecule has 0 spiro atoms. The summed E-state index contributed by atoms with van der Waals surface area (Å²) in [4.78, 5) is 21.7. The molecule has 4 rings (SSSR count). The molecule has 1 saturated heterocycles. The topological polar surface area (TPSA) is 54.9 Å². The molecule has 2 aromatic carbocycles. The van der Waals surface area contributed by atoms with Gasteiger partial charge in [0.25, 0.3) is 5.91 Å². The van der Waals surface area contributed by atoms with E-state index in [1.54, 1.807) is 29.2 Å². The number of ether oxygens (including phenoxy) is 2. The summed E-state index contributed by atoms with van der Waals surface area (Å²) in [6, 6.07) is 9.08. The zero-order valence-corrected chi connectivity index (χ0v) is 21.3. The van der Waals surface area contributed by atoms with E-state index < -0.39 is 11.6 Å². The van der Waals surface area contributed by atoms with Crippen LogP contribution in [0.25, 0.3) is 10.2 Å². The summed E-state index contributed by atoms with van der Waals surface area (Å²) in [6.07, 6.45) is 2.73. The highest BCUT2D eigenvalue weighted by molar-refractivity contribution is 7.22. The Morgan fingerprint density at radius 1 is 1.17 bits per heavy atom. The average molecular weight is 526 g/mol. The first-order valence-electron chi connectivity index (χ1n) is 11.7. The van der Waals surface area contributed by atoms with Gasteiger partial charge < -0.3 is 9.47 Å². The maximum atomic E-state index is 14.3. The zero-order valence-electron chi connectivity index (χ0n) is 19.7. The highest BCUT2D eigenvalue weighted by atomic mass is 35.5. The van der Waals surface area contributed by atoms with E-state index in [0.29, 0.717) is 47.5 Å². The molecule has 0 saturated carbocycles. The summed E-state index contributed by atoms with van der Waals surface area (Å²) in [6.45, 7) is 7.08. The first-order valence-corrected chi connectivity index (χ1v) is 12.5. The minimum Gasteiger partial charge on any atom is -0.494 e. The zero-order chi connectivity index (χ0) is 23.9. The molecule has 0 radical (unpaired) electrons. The second kappa shape index (κ2) is 13.1. The number of nitrogens with zero attached hydrogens (tertiary/aromatic N) is 3. The molecule has 0 bridgehead atoms. The number of anilines is 1. The van der Waals surface area contributed by atoms with Gasteiger partial charge in [0.05, 0.1) is 24.5 Å². The predicted octanol–water partition coefficient (Wildman–Crippen LogP) is 5.54. The molecular formula is C25H30ClF2N3O3S. The Labute approximate surface area is 214 Å². The Morgan fingerprint density at radius 3 is 2.63 bits per heavy atom. The molecule has 190 valence electrons. The summed E-state index contributed by atoms with van der Waals surface area (Å²) in [5.41, 5.74) is 0.562. The molecule has 1 fully saturated rings. The number of unbranched alkanes of at least 4 members (excludes halogenated alkanes) is 1. The molecule has 3 aromatic rings. The molecule has 1 aliphatic heterocycles. The van der Waals surface area contributed by atoms with Crippen molar-refractivity contribution in [2.45, 2.75) is 26.2 Å². The summed E-state index contributed by atoms with van der Waals surface area (Å²) in [5.74, 6) is -0.917. The Hall–Kier alpha value is -2.33. The van der Waals surface area contributed by atoms with E-state index in [-0.39, 0.29) is 23.8 Å². The van der Waals surface area contributed by atoms with E-state index in [2.05, 4.69) is 16.8 Å². The normalized spacial score (nSPS) is 14.0. The number of aromatic nitrogens is 1. The maximum absolute atomic E-state index is 14.3. The number of hydrogen-bond donors (Lipinski definition) is 0. The molecule has 0 aliphatic carbocycles. The van der Waals surface area contributed by atoms with Gasteiger partial charge in [-0.25, -0.2) is 13.8 Å². The van der Waals surface area contributed by atoms with Crippen LogP contribution in [0, 0.1) is 11.6 Å². The van der Waals surface area contributed by atoms with Gasteiger partial charge in [0.2, 0.25) is 0 Å². The van der Waals surface area contributed by atoms with Crippen LogP contribution in [0.2, 0.25) is 0 Å². The van der Waals surface area contributed by atoms with Crippen LogP contribution in [-0.2, 0) is 4.74 Å². The molecule has 35 heavy (non-hydrogen) atoms. The molecular weight excluding hydrogens is 496 g/mol. The van der Waals surface area contributed by atoms with Crippen molar-refractivity contribution >= 4 is 45.0 Å². The molecule has 1 amide bonds. The second-order valence-electron chi connectivity index (χ2n) is 8.22. The Bertz CT molecular complexity index is 1110. The van der Waals surface area contributed by atoms with Crippen molar-refractivity contribution in [2.24, 2.45) is 0 Å². The van der Waals surface area contributed by atoms with Gasteiger partial charge >= 0.3 is 0 Å². The fraction of sp³-hybridized carbons (Fsp3) is 0.440. The third-order valence-corrected chi connectivity index (χ3v) is 6.73. The molecule has 0 atom stereocenters. The van der Waals surface area contributed by atoms with Crippen molar-refractivity contribution in [1.29, 1.82) is 0 Å². The fourth-order valence-corrected chi connectivity index (χ4v) is 4.84. The number of hydrogen-bond acceptors (Lipinski definition) is 6. The fourth-order valence-electron chi connectivity index (χ4n) is 3.81. The summed E-state index contributed by atoms with van der Waals surface area (Å²) >= 11 is 1.12. The summed E-state index contributed by atoms with van der Waals surface area (Å²) in [5, 5.41) is 0.356. The Kier molecular flexibility index (Phi) is 10.2. The number of amides is 1. The van der Waals surface area contributed by atoms with Crippen LogP contribution in [0.1, 0.15) is 36.5 Å². The minimum atomic E-state index is -0.730. The largest absolute Gasteiger partial charge is 0.494 e. The lowest BCUT2D eigenvalue weighted by Gasteiger charge is -2.27. The van der Waals surface area contributed by atoms with Gasteiger partial charge in [-0.1, -0.05) is 24.7 Å². The van der Waals surface area contributed by atoms with Crippen molar-refractivity contribution in [3.05, 3.63) is 53.6 Å². The lowest BCUT2D eigenvalue weighted by atomic mass is 10.2. The highest BCUT2D eigenvalue weighted by Gasteiger charge is 2.23. The minimum absolute atomic E-state index is 0. The van der Waals surface area contributed by atoms with E-state index in [1.807, 2.05) is 0 Å². The van der Waals surface area contributed by atoms with Crippen LogP contribution in [0.3, 0.4) is 0 Å². The van der Waals surface area contributed by atoms with Gasteiger partial charge in [0, 0.05) is 37.8 Å². The van der Waals surface area contributed by atoms with Crippen molar-refractivity contribution in [3.63, 3.8) is 0 Å². The Morgan fingerprint density at radius 2 is 1.91 bits per heavy atom. The van der Waals surface area contributed by atoms with Gasteiger partial charge in [-0.05, 0) is 43.2 Å². The summed E-state index contributed by atoms with van der Waals surface area (Å²) in [7, 11) is 0. The number of fused-ring (bicyclic) bond motifs is 1. The van der Waals surface area contributed by atoms with Crippen molar-refractivity contribution in [3.8, 4) is 5.75 Å². The highest BCUT2D eigenvalue weighted by Crippen LogP contribution is 2.32. The monoisotopic (exact) mass is 525 g/mol. The van der Waals surface area contributed by atoms with E-state index >= 15 is 0 Å². The lowest BCUT2D eigenvalue weighted by molar-refractivity contribution is 0.0376. The van der Waals surface area contributed by atoms with Crippen molar-refractivity contribution in [1.82, 2.24) is 9.88 Å². The summed E-state index contributed by atoms with van der Waals surface area (Å²) < 4.78 is 39.5. The molecule has 6 nitrogen and oxygen atoms in total. The number of carbonyl (C=O) groups is 1. The Balaban J connectivity index is 0.00000342. The van der Waals surface area contributed by atoms with Crippen LogP contribution in [0.5, 0.6) is 5.75 Å². The number of rotatable bonds is 10. The van der Waals surface area contributed by atoms with Crippen LogP contribution in [0.4, 0.5) is 13.9 Å². The van der Waals surface area contributed by atoms with Crippen LogP contribution in [0.15, 0.2) is 36.4 Å². The average Bonchev–Trinajstić information content (AvgIpc) is 3.27. The van der Waals surface area contributed by atoms with Gasteiger partial charge in [0.1, 0.15) is 17.1 Å². The van der Waals surface area contributed by atoms with Crippen LogP contribution >= 0.6 is 23.7 Å². The van der Waals surface area contributed by atoms with Gasteiger partial charge in [-0.3, -0.25) is 14.6 Å². The number of carbonyl (C=O) groups excluding carboxylic acids is 1. The van der Waals surface area contributed by atoms with Gasteiger partial charge in [-0.15, -0.1) is 12.4 Å². The standard InChI is InChI=1S/C25H29F2N3O3S.ClH/c1-2-3-13-33-20-7-5-18(6-8-20)24(31)30(10-4-9-29-11-14-32-15-12-29)25-28-23-21(27)16-19(26)17-22(23)34-25;/h5-8,16-17H,2-4,9-15H2,1H3;1H. The van der Waals surface area contributed by atoms with Crippen molar-refractivity contribution in [2.75, 3.05) is 50.9 Å². The molecule has 0 N–H and O–H groups in total. The number of benzene rings is 2. The SMILES string of the molecule is CCCCOc1ccc(C(=O)N(CCCN2CCOCC2)c2nc3c(F)cc(F)cc3s2)cc1.Cl. The third kappa shape index (κ3) is 7.10. The molecule has 10 heteroatoms. The van der Waals surface area contributed by atoms with Gasteiger partial charge in [0.15, 0.2) is 10.9 Å². The van der Waals surface area contributed by atoms with Crippen LogP contribution in [-0.4, -0.2) is 61.8 Å². The first kappa shape index (κ1) is 27.3. The van der Waals surface area contributed by atoms with E-state index in [0.717, 1.165) is 56.3 Å². The van der Waals surface area contributed by atoms with E-state index in [1.165, 1.54) is 6.07 Å². The second-order valence-corrected chi connectivity index (χ2v) is 9.23. The first-order chi connectivity index (χ1) is 16.5. The maximum Gasteiger partial charge on any atom is 0.260 e.